The number of likely N-dealkylation sites (N-methyl/N-ethyl adjacent to an activating group) is 1. The van der Waals surface area contributed by atoms with Crippen molar-refractivity contribution in [3.8, 4) is 0 Å². The zero-order chi connectivity index (χ0) is 16.2. The third-order valence-electron chi connectivity index (χ3n) is 5.53. The summed E-state index contributed by atoms with van der Waals surface area (Å²) >= 11 is 0. The zero-order valence-corrected chi connectivity index (χ0v) is 14.2. The van der Waals surface area contributed by atoms with Crippen LogP contribution in [0.25, 0.3) is 0 Å². The van der Waals surface area contributed by atoms with E-state index in [0.717, 1.165) is 17.7 Å². The summed E-state index contributed by atoms with van der Waals surface area (Å²) in [4.78, 5) is 17.4. The highest BCUT2D eigenvalue weighted by atomic mass is 16.2. The van der Waals surface area contributed by atoms with Gasteiger partial charge in [0.2, 0.25) is 5.91 Å². The maximum absolute atomic E-state index is 12.7. The first-order valence-corrected chi connectivity index (χ1v) is 8.99. The van der Waals surface area contributed by atoms with Gasteiger partial charge in [0.1, 0.15) is 0 Å². The summed E-state index contributed by atoms with van der Waals surface area (Å²) < 4.78 is 0. The Morgan fingerprint density at radius 2 is 1.78 bits per heavy atom. The number of nitrogens with zero attached hydrogens (tertiary/aromatic N) is 2. The summed E-state index contributed by atoms with van der Waals surface area (Å²) in [7, 11) is 2.00. The molecule has 1 aliphatic heterocycles. The van der Waals surface area contributed by atoms with Crippen LogP contribution in [0.2, 0.25) is 0 Å². The van der Waals surface area contributed by atoms with Crippen molar-refractivity contribution in [2.24, 2.45) is 0 Å². The maximum Gasteiger partial charge on any atom is 0.227 e. The molecule has 1 saturated carbocycles. The largest absolute Gasteiger partial charge is 0.399 e. The van der Waals surface area contributed by atoms with Crippen molar-refractivity contribution in [3.05, 3.63) is 29.8 Å². The van der Waals surface area contributed by atoms with E-state index in [1.807, 2.05) is 36.2 Å². The van der Waals surface area contributed by atoms with Crippen LogP contribution in [0, 0.1) is 0 Å². The molecule has 0 aromatic heterocycles. The Bertz CT molecular complexity index is 522. The Morgan fingerprint density at radius 3 is 2.48 bits per heavy atom. The Morgan fingerprint density at radius 1 is 1.13 bits per heavy atom. The minimum absolute atomic E-state index is 0.228. The van der Waals surface area contributed by atoms with Gasteiger partial charge in [-0.25, -0.2) is 0 Å². The van der Waals surface area contributed by atoms with Crippen LogP contribution in [0.4, 0.5) is 5.69 Å². The van der Waals surface area contributed by atoms with Crippen molar-refractivity contribution < 1.29 is 4.79 Å². The summed E-state index contributed by atoms with van der Waals surface area (Å²) in [5.41, 5.74) is 7.51. The monoisotopic (exact) mass is 315 g/mol. The lowest BCUT2D eigenvalue weighted by Crippen LogP contribution is -2.53. The van der Waals surface area contributed by atoms with Gasteiger partial charge >= 0.3 is 0 Å². The van der Waals surface area contributed by atoms with Crippen LogP contribution in [0.5, 0.6) is 0 Å². The Kier molecular flexibility index (Phi) is 5.21. The van der Waals surface area contributed by atoms with Gasteiger partial charge in [-0.15, -0.1) is 0 Å². The van der Waals surface area contributed by atoms with Crippen molar-refractivity contribution in [1.29, 1.82) is 0 Å². The SMILES string of the molecule is CN(C(=O)Cc1ccc(N)cc1)C1CCCC[C@@H]1N1CCCC1. The van der Waals surface area contributed by atoms with Crippen molar-refractivity contribution in [3.63, 3.8) is 0 Å². The number of hydrogen-bond acceptors (Lipinski definition) is 3. The number of carbonyl (C=O) groups excluding carboxylic acids is 1. The molecular formula is C19H29N3O. The molecule has 126 valence electrons. The summed E-state index contributed by atoms with van der Waals surface area (Å²) in [5, 5.41) is 0. The van der Waals surface area contributed by atoms with E-state index in [4.69, 9.17) is 5.73 Å². The second kappa shape index (κ2) is 7.35. The van der Waals surface area contributed by atoms with Gasteiger partial charge in [0, 0.05) is 24.8 Å². The average Bonchev–Trinajstić information content (AvgIpc) is 3.10. The van der Waals surface area contributed by atoms with Crippen LogP contribution >= 0.6 is 0 Å². The molecule has 4 nitrogen and oxygen atoms in total. The Balaban J connectivity index is 1.65. The van der Waals surface area contributed by atoms with E-state index in [2.05, 4.69) is 4.90 Å². The molecule has 0 radical (unpaired) electrons. The number of benzene rings is 1. The van der Waals surface area contributed by atoms with Gasteiger partial charge in [-0.05, 0) is 56.5 Å². The number of anilines is 1. The van der Waals surface area contributed by atoms with Crippen molar-refractivity contribution in [1.82, 2.24) is 9.80 Å². The van der Waals surface area contributed by atoms with Crippen molar-refractivity contribution >= 4 is 11.6 Å². The quantitative estimate of drug-likeness (QED) is 0.869. The Labute approximate surface area is 139 Å². The molecule has 1 aromatic rings. The molecule has 2 atom stereocenters. The number of hydrogen-bond donors (Lipinski definition) is 1. The molecular weight excluding hydrogens is 286 g/mol. The molecule has 1 unspecified atom stereocenters. The number of rotatable bonds is 4. The van der Waals surface area contributed by atoms with Crippen LogP contribution in [0.1, 0.15) is 44.1 Å². The summed E-state index contributed by atoms with van der Waals surface area (Å²) in [6.07, 6.45) is 8.03. The van der Waals surface area contributed by atoms with Gasteiger partial charge in [0.15, 0.2) is 0 Å². The summed E-state index contributed by atoms with van der Waals surface area (Å²) in [5.74, 6) is 0.228. The zero-order valence-electron chi connectivity index (χ0n) is 14.2. The topological polar surface area (TPSA) is 49.6 Å². The lowest BCUT2D eigenvalue weighted by Gasteiger charge is -2.42. The minimum Gasteiger partial charge on any atom is -0.399 e. The van der Waals surface area contributed by atoms with Crippen LogP contribution in [0.15, 0.2) is 24.3 Å². The van der Waals surface area contributed by atoms with Gasteiger partial charge in [0.05, 0.1) is 6.42 Å². The van der Waals surface area contributed by atoms with Crippen LogP contribution in [-0.2, 0) is 11.2 Å². The van der Waals surface area contributed by atoms with E-state index < -0.39 is 0 Å². The first-order valence-electron chi connectivity index (χ1n) is 8.99. The molecule has 0 bridgehead atoms. The molecule has 4 heteroatoms. The molecule has 1 aliphatic carbocycles. The van der Waals surface area contributed by atoms with Gasteiger partial charge in [0.25, 0.3) is 0 Å². The van der Waals surface area contributed by atoms with E-state index in [1.165, 1.54) is 45.2 Å². The fraction of sp³-hybridized carbons (Fsp3) is 0.632. The fourth-order valence-corrected chi connectivity index (χ4v) is 4.16. The molecule has 2 aliphatic rings. The highest BCUT2D eigenvalue weighted by Gasteiger charge is 2.35. The summed E-state index contributed by atoms with van der Waals surface area (Å²) in [6, 6.07) is 8.60. The molecule has 2 N–H and O–H groups in total. The third-order valence-corrected chi connectivity index (χ3v) is 5.53. The highest BCUT2D eigenvalue weighted by molar-refractivity contribution is 5.79. The van der Waals surface area contributed by atoms with Crippen molar-refractivity contribution in [2.75, 3.05) is 25.9 Å². The summed E-state index contributed by atoms with van der Waals surface area (Å²) in [6.45, 7) is 2.42. The van der Waals surface area contributed by atoms with E-state index in [-0.39, 0.29) is 5.91 Å². The van der Waals surface area contributed by atoms with E-state index in [1.54, 1.807) is 0 Å². The van der Waals surface area contributed by atoms with Crippen LogP contribution in [0.3, 0.4) is 0 Å². The second-order valence-corrected chi connectivity index (χ2v) is 7.09. The van der Waals surface area contributed by atoms with Gasteiger partial charge in [-0.3, -0.25) is 9.69 Å². The van der Waals surface area contributed by atoms with Crippen LogP contribution in [-0.4, -0.2) is 47.9 Å². The molecule has 1 amide bonds. The molecule has 1 saturated heterocycles. The Hall–Kier alpha value is -1.55. The normalized spacial score (nSPS) is 25.4. The average molecular weight is 315 g/mol. The molecule has 23 heavy (non-hydrogen) atoms. The van der Waals surface area contributed by atoms with E-state index in [9.17, 15) is 4.79 Å². The molecule has 0 spiro atoms. The first-order chi connectivity index (χ1) is 11.1. The third kappa shape index (κ3) is 3.86. The first kappa shape index (κ1) is 16.3. The van der Waals surface area contributed by atoms with Crippen molar-refractivity contribution in [2.45, 2.75) is 57.0 Å². The van der Waals surface area contributed by atoms with Gasteiger partial charge in [-0.1, -0.05) is 25.0 Å². The predicted molar refractivity (Wildman–Crippen MR) is 94.2 cm³/mol. The smallest absolute Gasteiger partial charge is 0.227 e. The number of likely N-dealkylation sites (tertiary alicyclic amines) is 1. The van der Waals surface area contributed by atoms with E-state index in [0.29, 0.717) is 18.5 Å². The fourth-order valence-electron chi connectivity index (χ4n) is 4.16. The maximum atomic E-state index is 12.7. The molecule has 2 fully saturated rings. The molecule has 1 heterocycles. The predicted octanol–water partition coefficient (Wildman–Crippen LogP) is 2.68. The number of nitrogens with two attached hydrogens (primary N) is 1. The van der Waals surface area contributed by atoms with E-state index >= 15 is 0 Å². The van der Waals surface area contributed by atoms with Gasteiger partial charge in [-0.2, -0.15) is 0 Å². The second-order valence-electron chi connectivity index (χ2n) is 7.09. The number of amides is 1. The number of nitrogen functional groups attached to an aromatic ring is 1. The lowest BCUT2D eigenvalue weighted by molar-refractivity contribution is -0.133. The standard InChI is InChI=1S/C19H29N3O/c1-21(19(23)14-15-8-10-16(20)11-9-15)17-6-2-3-7-18(17)22-12-4-5-13-22/h8-11,17-18H,2-7,12-14,20H2,1H3/t17?,18-/m0/s1. The molecule has 3 rings (SSSR count). The van der Waals surface area contributed by atoms with Crippen LogP contribution < -0.4 is 5.73 Å². The van der Waals surface area contributed by atoms with Gasteiger partial charge < -0.3 is 10.6 Å². The highest BCUT2D eigenvalue weighted by Crippen LogP contribution is 2.29. The minimum atomic E-state index is 0.228. The lowest BCUT2D eigenvalue weighted by atomic mass is 9.88. The number of carbonyl (C=O) groups is 1. The molecule has 1 aromatic carbocycles.